The van der Waals surface area contributed by atoms with Gasteiger partial charge in [0.25, 0.3) is 5.91 Å². The summed E-state index contributed by atoms with van der Waals surface area (Å²) >= 11 is 1.87. The van der Waals surface area contributed by atoms with Gasteiger partial charge in [-0.05, 0) is 43.4 Å². The van der Waals surface area contributed by atoms with Crippen molar-refractivity contribution in [1.29, 1.82) is 0 Å². The molecule has 0 spiro atoms. The lowest BCUT2D eigenvalue weighted by Crippen LogP contribution is -2.24. The number of amides is 1. The van der Waals surface area contributed by atoms with Crippen molar-refractivity contribution in [1.82, 2.24) is 5.32 Å². The standard InChI is InChI=1S/C15H23NO2S/c1-12-8-7-9-13(14(12)17)15(18)16-10-5-3-4-6-11-19-2/h7-9,17H,3-6,10-11H2,1-2H3,(H,16,18). The molecular formula is C15H23NO2S. The Hall–Kier alpha value is -1.16. The maximum atomic E-state index is 11.9. The first-order valence-electron chi connectivity index (χ1n) is 6.72. The quantitative estimate of drug-likeness (QED) is 0.718. The highest BCUT2D eigenvalue weighted by molar-refractivity contribution is 7.98. The van der Waals surface area contributed by atoms with Crippen LogP contribution in [0.4, 0.5) is 0 Å². The molecule has 0 saturated carbocycles. The summed E-state index contributed by atoms with van der Waals surface area (Å²) in [5.74, 6) is 1.11. The van der Waals surface area contributed by atoms with Crippen LogP contribution < -0.4 is 5.32 Å². The average molecular weight is 281 g/mol. The van der Waals surface area contributed by atoms with Crippen molar-refractivity contribution in [2.75, 3.05) is 18.6 Å². The third kappa shape index (κ3) is 5.55. The number of unbranched alkanes of at least 4 members (excludes halogenated alkanes) is 3. The number of rotatable bonds is 8. The van der Waals surface area contributed by atoms with Gasteiger partial charge in [0.2, 0.25) is 0 Å². The van der Waals surface area contributed by atoms with Crippen LogP contribution in [0.2, 0.25) is 0 Å². The Morgan fingerprint density at radius 2 is 2.00 bits per heavy atom. The van der Waals surface area contributed by atoms with E-state index in [1.807, 2.05) is 11.8 Å². The van der Waals surface area contributed by atoms with Crippen LogP contribution in [0, 0.1) is 6.92 Å². The van der Waals surface area contributed by atoms with E-state index in [0.717, 1.165) is 18.4 Å². The molecule has 19 heavy (non-hydrogen) atoms. The molecule has 0 unspecified atom stereocenters. The van der Waals surface area contributed by atoms with Crippen molar-refractivity contribution >= 4 is 17.7 Å². The monoisotopic (exact) mass is 281 g/mol. The topological polar surface area (TPSA) is 49.3 Å². The van der Waals surface area contributed by atoms with E-state index >= 15 is 0 Å². The van der Waals surface area contributed by atoms with Gasteiger partial charge in [0.1, 0.15) is 5.75 Å². The smallest absolute Gasteiger partial charge is 0.255 e. The van der Waals surface area contributed by atoms with Crippen LogP contribution in [0.25, 0.3) is 0 Å². The number of carbonyl (C=O) groups is 1. The van der Waals surface area contributed by atoms with E-state index in [-0.39, 0.29) is 11.7 Å². The van der Waals surface area contributed by atoms with Crippen molar-refractivity contribution in [3.63, 3.8) is 0 Å². The maximum absolute atomic E-state index is 11.9. The predicted molar refractivity (Wildman–Crippen MR) is 82.0 cm³/mol. The van der Waals surface area contributed by atoms with E-state index in [2.05, 4.69) is 11.6 Å². The van der Waals surface area contributed by atoms with Crippen LogP contribution in [0.3, 0.4) is 0 Å². The number of benzene rings is 1. The zero-order chi connectivity index (χ0) is 14.1. The van der Waals surface area contributed by atoms with Crippen molar-refractivity contribution < 1.29 is 9.90 Å². The minimum absolute atomic E-state index is 0.0833. The number of hydrogen-bond acceptors (Lipinski definition) is 3. The van der Waals surface area contributed by atoms with Crippen LogP contribution in [-0.2, 0) is 0 Å². The fourth-order valence-corrected chi connectivity index (χ4v) is 2.36. The molecule has 1 aromatic carbocycles. The highest BCUT2D eigenvalue weighted by Gasteiger charge is 2.11. The Kier molecular flexibility index (Phi) is 7.41. The second-order valence-electron chi connectivity index (χ2n) is 4.63. The predicted octanol–water partition coefficient (Wildman–Crippen LogP) is 3.35. The number of carbonyl (C=O) groups excluding carboxylic acids is 1. The Morgan fingerprint density at radius 3 is 2.74 bits per heavy atom. The molecule has 0 heterocycles. The number of phenolic OH excluding ortho intramolecular Hbond substituents is 1. The second-order valence-corrected chi connectivity index (χ2v) is 5.62. The van der Waals surface area contributed by atoms with Gasteiger partial charge in [0, 0.05) is 6.54 Å². The molecule has 0 aliphatic heterocycles. The Morgan fingerprint density at radius 1 is 1.26 bits per heavy atom. The molecule has 1 amide bonds. The van der Waals surface area contributed by atoms with Gasteiger partial charge >= 0.3 is 0 Å². The first kappa shape index (κ1) is 15.9. The van der Waals surface area contributed by atoms with Crippen LogP contribution in [-0.4, -0.2) is 29.6 Å². The van der Waals surface area contributed by atoms with E-state index in [1.54, 1.807) is 25.1 Å². The number of nitrogens with one attached hydrogen (secondary N) is 1. The molecule has 0 atom stereocenters. The lowest BCUT2D eigenvalue weighted by atomic mass is 10.1. The summed E-state index contributed by atoms with van der Waals surface area (Å²) in [7, 11) is 0. The number of thioether (sulfide) groups is 1. The average Bonchev–Trinajstić information content (AvgIpc) is 2.40. The molecule has 0 radical (unpaired) electrons. The third-order valence-electron chi connectivity index (χ3n) is 3.04. The molecule has 4 heteroatoms. The Bertz CT molecular complexity index is 407. The van der Waals surface area contributed by atoms with E-state index in [4.69, 9.17) is 0 Å². The molecule has 1 aromatic rings. The largest absolute Gasteiger partial charge is 0.507 e. The summed E-state index contributed by atoms with van der Waals surface area (Å²) in [6, 6.07) is 5.22. The van der Waals surface area contributed by atoms with Gasteiger partial charge in [-0.2, -0.15) is 11.8 Å². The first-order chi connectivity index (χ1) is 9.16. The summed E-state index contributed by atoms with van der Waals surface area (Å²) < 4.78 is 0. The molecule has 2 N–H and O–H groups in total. The van der Waals surface area contributed by atoms with Gasteiger partial charge in [0.05, 0.1) is 5.56 Å². The summed E-state index contributed by atoms with van der Waals surface area (Å²) in [4.78, 5) is 11.9. The summed E-state index contributed by atoms with van der Waals surface area (Å²) in [5.41, 5.74) is 1.09. The summed E-state index contributed by atoms with van der Waals surface area (Å²) in [6.45, 7) is 2.46. The lowest BCUT2D eigenvalue weighted by molar-refractivity contribution is 0.0950. The van der Waals surface area contributed by atoms with Gasteiger partial charge in [-0.1, -0.05) is 25.0 Å². The molecule has 0 bridgehead atoms. The highest BCUT2D eigenvalue weighted by Crippen LogP contribution is 2.20. The Balaban J connectivity index is 2.26. The lowest BCUT2D eigenvalue weighted by Gasteiger charge is -2.08. The molecule has 0 saturated heterocycles. The fraction of sp³-hybridized carbons (Fsp3) is 0.533. The normalized spacial score (nSPS) is 10.4. The molecule has 0 aromatic heterocycles. The molecule has 0 aliphatic rings. The van der Waals surface area contributed by atoms with E-state index in [1.165, 1.54) is 18.6 Å². The molecule has 1 rings (SSSR count). The molecular weight excluding hydrogens is 258 g/mol. The SMILES string of the molecule is CSCCCCCCNC(=O)c1cccc(C)c1O. The van der Waals surface area contributed by atoms with E-state index < -0.39 is 0 Å². The van der Waals surface area contributed by atoms with Crippen molar-refractivity contribution in [3.8, 4) is 5.75 Å². The minimum atomic E-state index is -0.190. The zero-order valence-electron chi connectivity index (χ0n) is 11.7. The fourth-order valence-electron chi connectivity index (χ4n) is 1.86. The van der Waals surface area contributed by atoms with Crippen molar-refractivity contribution in [2.45, 2.75) is 32.6 Å². The van der Waals surface area contributed by atoms with Crippen LogP contribution in [0.5, 0.6) is 5.75 Å². The number of aromatic hydroxyl groups is 1. The zero-order valence-corrected chi connectivity index (χ0v) is 12.6. The van der Waals surface area contributed by atoms with Crippen LogP contribution in [0.15, 0.2) is 18.2 Å². The van der Waals surface area contributed by atoms with Gasteiger partial charge in [-0.3, -0.25) is 4.79 Å². The van der Waals surface area contributed by atoms with E-state index in [0.29, 0.717) is 12.1 Å². The molecule has 0 aliphatic carbocycles. The molecule has 106 valence electrons. The molecule has 0 fully saturated rings. The van der Waals surface area contributed by atoms with Crippen molar-refractivity contribution in [2.24, 2.45) is 0 Å². The van der Waals surface area contributed by atoms with E-state index in [9.17, 15) is 9.90 Å². The van der Waals surface area contributed by atoms with Gasteiger partial charge in [-0.15, -0.1) is 0 Å². The first-order valence-corrected chi connectivity index (χ1v) is 8.12. The van der Waals surface area contributed by atoms with Gasteiger partial charge in [0.15, 0.2) is 0 Å². The number of hydrogen-bond donors (Lipinski definition) is 2. The second kappa shape index (κ2) is 8.86. The summed E-state index contributed by atoms with van der Waals surface area (Å²) in [6.07, 6.45) is 6.71. The van der Waals surface area contributed by atoms with Crippen LogP contribution in [0.1, 0.15) is 41.6 Å². The molecule has 3 nitrogen and oxygen atoms in total. The highest BCUT2D eigenvalue weighted by atomic mass is 32.2. The number of phenols is 1. The van der Waals surface area contributed by atoms with Gasteiger partial charge in [-0.25, -0.2) is 0 Å². The number of aryl methyl sites for hydroxylation is 1. The minimum Gasteiger partial charge on any atom is -0.507 e. The number of para-hydroxylation sites is 1. The third-order valence-corrected chi connectivity index (χ3v) is 3.74. The van der Waals surface area contributed by atoms with Gasteiger partial charge < -0.3 is 10.4 Å². The summed E-state index contributed by atoms with van der Waals surface area (Å²) in [5, 5.41) is 12.7. The Labute approximate surface area is 119 Å². The van der Waals surface area contributed by atoms with Crippen LogP contribution >= 0.6 is 11.8 Å². The van der Waals surface area contributed by atoms with Crippen molar-refractivity contribution in [3.05, 3.63) is 29.3 Å². The maximum Gasteiger partial charge on any atom is 0.255 e.